The molecule has 0 aliphatic carbocycles. The quantitative estimate of drug-likeness (QED) is 0.578. The zero-order valence-corrected chi connectivity index (χ0v) is 13.1. The minimum atomic E-state index is -0.437. The topological polar surface area (TPSA) is 73.5 Å². The van der Waals surface area contributed by atoms with Crippen molar-refractivity contribution < 1.29 is 13.9 Å². The van der Waals surface area contributed by atoms with E-state index in [1.165, 1.54) is 0 Å². The maximum absolute atomic E-state index is 12.3. The molecule has 0 radical (unpaired) electrons. The molecule has 0 spiro atoms. The van der Waals surface area contributed by atoms with Crippen LogP contribution in [0.15, 0.2) is 39.5 Å². The van der Waals surface area contributed by atoms with Crippen molar-refractivity contribution in [3.63, 3.8) is 0 Å². The number of hydrogen-bond donors (Lipinski definition) is 1. The minimum absolute atomic E-state index is 0.219. The van der Waals surface area contributed by atoms with Crippen LogP contribution in [0.1, 0.15) is 16.9 Å². The van der Waals surface area contributed by atoms with E-state index in [-0.39, 0.29) is 5.91 Å². The van der Waals surface area contributed by atoms with Crippen molar-refractivity contribution in [3.05, 3.63) is 46.4 Å². The monoisotopic (exact) mass is 314 g/mol. The number of ether oxygens (including phenoxy) is 1. The van der Waals surface area contributed by atoms with E-state index in [1.54, 1.807) is 30.9 Å². The number of aryl methyl sites for hydroxylation is 1. The lowest BCUT2D eigenvalue weighted by Crippen LogP contribution is -2.26. The van der Waals surface area contributed by atoms with E-state index in [1.807, 2.05) is 18.2 Å². The number of para-hydroxylation sites is 1. The van der Waals surface area contributed by atoms with E-state index in [0.29, 0.717) is 35.3 Å². The van der Waals surface area contributed by atoms with Gasteiger partial charge in [-0.15, -0.1) is 0 Å². The lowest BCUT2D eigenvalue weighted by Gasteiger charge is -2.07. The van der Waals surface area contributed by atoms with Gasteiger partial charge in [-0.3, -0.25) is 4.79 Å². The summed E-state index contributed by atoms with van der Waals surface area (Å²) in [6.45, 7) is 1.10. The number of fused-ring (bicyclic) bond motifs is 3. The van der Waals surface area contributed by atoms with Gasteiger partial charge < -0.3 is 19.0 Å². The normalized spacial score (nSPS) is 11.2. The molecule has 2 heterocycles. The largest absolute Gasteiger partial charge is 0.422 e. The number of methoxy groups -OCH3 is 1. The fourth-order valence-electron chi connectivity index (χ4n) is 2.72. The molecule has 0 aliphatic heterocycles. The van der Waals surface area contributed by atoms with Crippen molar-refractivity contribution in [1.29, 1.82) is 0 Å². The molecule has 0 atom stereocenters. The van der Waals surface area contributed by atoms with Gasteiger partial charge in [-0.1, -0.05) is 12.1 Å². The average Bonchev–Trinajstić information content (AvgIpc) is 2.90. The second-order valence-electron chi connectivity index (χ2n) is 5.34. The maximum atomic E-state index is 12.3. The van der Waals surface area contributed by atoms with Gasteiger partial charge in [-0.05, 0) is 24.6 Å². The number of amides is 1. The first-order valence-electron chi connectivity index (χ1n) is 7.42. The summed E-state index contributed by atoms with van der Waals surface area (Å²) in [5.41, 5.74) is 1.21. The number of hydrogen-bond acceptors (Lipinski definition) is 4. The second kappa shape index (κ2) is 6.26. The Balaban J connectivity index is 2.05. The highest BCUT2D eigenvalue weighted by atomic mass is 16.5. The van der Waals surface area contributed by atoms with Gasteiger partial charge in [0.05, 0.1) is 10.9 Å². The number of nitrogens with zero attached hydrogens (tertiary/aromatic N) is 1. The van der Waals surface area contributed by atoms with Gasteiger partial charge in [0.25, 0.3) is 5.91 Å². The average molecular weight is 314 g/mol. The molecule has 0 aliphatic rings. The van der Waals surface area contributed by atoms with E-state index < -0.39 is 5.63 Å². The molecular weight excluding hydrogens is 296 g/mol. The molecule has 0 unspecified atom stereocenters. The fourth-order valence-corrected chi connectivity index (χ4v) is 2.72. The summed E-state index contributed by atoms with van der Waals surface area (Å²) >= 11 is 0. The zero-order chi connectivity index (χ0) is 16.4. The van der Waals surface area contributed by atoms with Gasteiger partial charge in [0.1, 0.15) is 11.3 Å². The van der Waals surface area contributed by atoms with Crippen LogP contribution in [0.5, 0.6) is 0 Å². The van der Waals surface area contributed by atoms with Crippen LogP contribution in [0.25, 0.3) is 21.9 Å². The first kappa shape index (κ1) is 15.3. The molecule has 120 valence electrons. The van der Waals surface area contributed by atoms with Crippen molar-refractivity contribution in [2.75, 3.05) is 20.3 Å². The molecule has 6 nitrogen and oxygen atoms in total. The minimum Gasteiger partial charge on any atom is -0.422 e. The number of benzene rings is 1. The predicted molar refractivity (Wildman–Crippen MR) is 87.8 cm³/mol. The Morgan fingerprint density at radius 3 is 2.87 bits per heavy atom. The van der Waals surface area contributed by atoms with Crippen LogP contribution in [0.3, 0.4) is 0 Å². The SMILES string of the molecule is COCCCNC(=O)c1cc2c(=O)oc3ccccc3c2n1C. The third kappa shape index (κ3) is 2.73. The molecule has 0 saturated heterocycles. The molecular formula is C17H18N2O4. The second-order valence-corrected chi connectivity index (χ2v) is 5.34. The highest BCUT2D eigenvalue weighted by Gasteiger charge is 2.18. The van der Waals surface area contributed by atoms with Crippen molar-refractivity contribution >= 4 is 27.8 Å². The van der Waals surface area contributed by atoms with Crippen molar-refractivity contribution in [3.8, 4) is 0 Å². The molecule has 1 aromatic carbocycles. The smallest absolute Gasteiger partial charge is 0.345 e. The Morgan fingerprint density at radius 1 is 1.30 bits per heavy atom. The van der Waals surface area contributed by atoms with E-state index in [9.17, 15) is 9.59 Å². The molecule has 1 amide bonds. The lowest BCUT2D eigenvalue weighted by molar-refractivity contribution is 0.0941. The molecule has 0 saturated carbocycles. The first-order valence-corrected chi connectivity index (χ1v) is 7.42. The predicted octanol–water partition coefficient (Wildman–Crippen LogP) is 2.05. The van der Waals surface area contributed by atoms with E-state index in [2.05, 4.69) is 5.32 Å². The fraction of sp³-hybridized carbons (Fsp3) is 0.294. The van der Waals surface area contributed by atoms with Gasteiger partial charge >= 0.3 is 5.63 Å². The Bertz CT molecular complexity index is 923. The van der Waals surface area contributed by atoms with Crippen LogP contribution in [0.4, 0.5) is 0 Å². The summed E-state index contributed by atoms with van der Waals surface area (Å²) in [6.07, 6.45) is 0.733. The van der Waals surface area contributed by atoms with Gasteiger partial charge in [-0.25, -0.2) is 4.79 Å². The number of carbonyl (C=O) groups excluding carboxylic acids is 1. The van der Waals surface area contributed by atoms with Crippen molar-refractivity contribution in [1.82, 2.24) is 9.88 Å². The van der Waals surface area contributed by atoms with Crippen LogP contribution >= 0.6 is 0 Å². The first-order chi connectivity index (χ1) is 11.1. The van der Waals surface area contributed by atoms with Crippen LogP contribution in [-0.4, -0.2) is 30.7 Å². The summed E-state index contributed by atoms with van der Waals surface area (Å²) in [5.74, 6) is -0.219. The molecule has 2 aromatic heterocycles. The summed E-state index contributed by atoms with van der Waals surface area (Å²) in [7, 11) is 3.40. The molecule has 23 heavy (non-hydrogen) atoms. The number of carbonyl (C=O) groups is 1. The van der Waals surface area contributed by atoms with Crippen LogP contribution in [0, 0.1) is 0 Å². The third-order valence-corrected chi connectivity index (χ3v) is 3.84. The molecule has 3 rings (SSSR count). The molecule has 1 N–H and O–H groups in total. The van der Waals surface area contributed by atoms with E-state index in [4.69, 9.17) is 9.15 Å². The highest BCUT2D eigenvalue weighted by molar-refractivity contribution is 6.07. The van der Waals surface area contributed by atoms with Gasteiger partial charge in [0.15, 0.2) is 0 Å². The maximum Gasteiger partial charge on any atom is 0.345 e. The zero-order valence-electron chi connectivity index (χ0n) is 13.1. The van der Waals surface area contributed by atoms with Crippen molar-refractivity contribution in [2.45, 2.75) is 6.42 Å². The summed E-state index contributed by atoms with van der Waals surface area (Å²) < 4.78 is 12.0. The van der Waals surface area contributed by atoms with Gasteiger partial charge in [0.2, 0.25) is 0 Å². The third-order valence-electron chi connectivity index (χ3n) is 3.84. The van der Waals surface area contributed by atoms with Crippen LogP contribution in [0.2, 0.25) is 0 Å². The molecule has 0 bridgehead atoms. The summed E-state index contributed by atoms with van der Waals surface area (Å²) in [6, 6.07) is 8.89. The van der Waals surface area contributed by atoms with Crippen LogP contribution < -0.4 is 10.9 Å². The Morgan fingerprint density at radius 2 is 2.09 bits per heavy atom. The standard InChI is InChI=1S/C17H18N2O4/c1-19-13(16(20)18-8-5-9-22-2)10-12-15(19)11-6-3-4-7-14(11)23-17(12)21/h3-4,6-7,10H,5,8-9H2,1-2H3,(H,18,20). The molecule has 6 heteroatoms. The molecule has 0 fully saturated rings. The number of aromatic nitrogens is 1. The van der Waals surface area contributed by atoms with E-state index >= 15 is 0 Å². The van der Waals surface area contributed by atoms with Gasteiger partial charge in [-0.2, -0.15) is 0 Å². The Kier molecular flexibility index (Phi) is 4.16. The summed E-state index contributed by atoms with van der Waals surface area (Å²) in [4.78, 5) is 24.5. The Hall–Kier alpha value is -2.60. The van der Waals surface area contributed by atoms with Gasteiger partial charge in [0, 0.05) is 32.7 Å². The number of rotatable bonds is 5. The Labute approximate surface area is 132 Å². The lowest BCUT2D eigenvalue weighted by atomic mass is 10.2. The van der Waals surface area contributed by atoms with Crippen LogP contribution in [-0.2, 0) is 11.8 Å². The molecule has 3 aromatic rings. The summed E-state index contributed by atoms with van der Waals surface area (Å²) in [5, 5.41) is 4.05. The highest BCUT2D eigenvalue weighted by Crippen LogP contribution is 2.25. The van der Waals surface area contributed by atoms with Crippen molar-refractivity contribution in [2.24, 2.45) is 7.05 Å². The van der Waals surface area contributed by atoms with E-state index in [0.717, 1.165) is 11.8 Å². The number of nitrogens with one attached hydrogen (secondary N) is 1.